The van der Waals surface area contributed by atoms with Crippen LogP contribution in [0, 0.1) is 0 Å². The molecule has 3 rings (SSSR count). The van der Waals surface area contributed by atoms with Crippen molar-refractivity contribution in [2.45, 2.75) is 19.3 Å². The average Bonchev–Trinajstić information content (AvgIpc) is 2.46. The van der Waals surface area contributed by atoms with Crippen molar-refractivity contribution in [3.8, 4) is 0 Å². The third kappa shape index (κ3) is 2.60. The van der Waals surface area contributed by atoms with Gasteiger partial charge in [0.1, 0.15) is 5.15 Å². The lowest BCUT2D eigenvalue weighted by Crippen LogP contribution is -2.35. The number of likely N-dealkylation sites (tertiary alicyclic amines) is 1. The van der Waals surface area contributed by atoms with E-state index in [9.17, 15) is 4.79 Å². The standard InChI is InChI=1S/C15H14Cl2N2O/c16-12-9-14(17)18-13-8-10(4-5-11(12)13)15(20)19-6-2-1-3-7-19/h4-5,8-9H,1-3,6-7H2. The van der Waals surface area contributed by atoms with Crippen LogP contribution in [0.25, 0.3) is 10.9 Å². The van der Waals surface area contributed by atoms with Gasteiger partial charge in [0, 0.05) is 24.0 Å². The van der Waals surface area contributed by atoms with Crippen LogP contribution in [0.4, 0.5) is 0 Å². The van der Waals surface area contributed by atoms with Crippen LogP contribution in [0.2, 0.25) is 10.2 Å². The Kier molecular flexibility index (Phi) is 3.81. The van der Waals surface area contributed by atoms with Gasteiger partial charge < -0.3 is 4.90 Å². The minimum atomic E-state index is 0.0597. The number of piperidine rings is 1. The van der Waals surface area contributed by atoms with Crippen molar-refractivity contribution in [2.24, 2.45) is 0 Å². The molecule has 0 aliphatic carbocycles. The first kappa shape index (κ1) is 13.7. The third-order valence-corrected chi connectivity index (χ3v) is 4.12. The Bertz CT molecular complexity index is 666. The summed E-state index contributed by atoms with van der Waals surface area (Å²) in [6.07, 6.45) is 3.36. The Morgan fingerprint density at radius 1 is 1.10 bits per heavy atom. The minimum absolute atomic E-state index is 0.0597. The molecule has 0 saturated carbocycles. The van der Waals surface area contributed by atoms with Gasteiger partial charge in [-0.1, -0.05) is 29.3 Å². The number of fused-ring (bicyclic) bond motifs is 1. The van der Waals surface area contributed by atoms with Crippen LogP contribution in [0.1, 0.15) is 29.6 Å². The van der Waals surface area contributed by atoms with E-state index in [0.717, 1.165) is 31.3 Å². The second-order valence-corrected chi connectivity index (χ2v) is 5.81. The van der Waals surface area contributed by atoms with E-state index in [-0.39, 0.29) is 5.91 Å². The molecule has 5 heteroatoms. The number of carbonyl (C=O) groups excluding carboxylic acids is 1. The Morgan fingerprint density at radius 3 is 2.60 bits per heavy atom. The van der Waals surface area contributed by atoms with Crippen molar-refractivity contribution in [2.75, 3.05) is 13.1 Å². The van der Waals surface area contributed by atoms with Crippen LogP contribution < -0.4 is 0 Å². The molecule has 0 atom stereocenters. The van der Waals surface area contributed by atoms with E-state index in [1.54, 1.807) is 18.2 Å². The molecule has 20 heavy (non-hydrogen) atoms. The summed E-state index contributed by atoms with van der Waals surface area (Å²) in [6.45, 7) is 1.67. The molecule has 0 unspecified atom stereocenters. The smallest absolute Gasteiger partial charge is 0.253 e. The molecule has 1 amide bonds. The normalized spacial score (nSPS) is 15.6. The summed E-state index contributed by atoms with van der Waals surface area (Å²) in [5, 5.41) is 1.70. The fraction of sp³-hybridized carbons (Fsp3) is 0.333. The van der Waals surface area contributed by atoms with Gasteiger partial charge in [-0.25, -0.2) is 4.98 Å². The SMILES string of the molecule is O=C(c1ccc2c(Cl)cc(Cl)nc2c1)N1CCCCC1. The zero-order chi connectivity index (χ0) is 14.1. The van der Waals surface area contributed by atoms with Crippen LogP contribution in [0.3, 0.4) is 0 Å². The zero-order valence-electron chi connectivity index (χ0n) is 10.9. The highest BCUT2D eigenvalue weighted by Crippen LogP contribution is 2.26. The number of rotatable bonds is 1. The molecule has 2 aromatic rings. The molecular weight excluding hydrogens is 295 g/mol. The third-order valence-electron chi connectivity index (χ3n) is 3.62. The number of amides is 1. The summed E-state index contributed by atoms with van der Waals surface area (Å²) < 4.78 is 0. The van der Waals surface area contributed by atoms with Crippen LogP contribution in [-0.2, 0) is 0 Å². The van der Waals surface area contributed by atoms with Gasteiger partial charge in [0.25, 0.3) is 5.91 Å². The fourth-order valence-corrected chi connectivity index (χ4v) is 3.09. The second kappa shape index (κ2) is 5.58. The zero-order valence-corrected chi connectivity index (χ0v) is 12.4. The lowest BCUT2D eigenvalue weighted by atomic mass is 10.1. The summed E-state index contributed by atoms with van der Waals surface area (Å²) in [5.74, 6) is 0.0597. The van der Waals surface area contributed by atoms with E-state index in [0.29, 0.717) is 21.3 Å². The van der Waals surface area contributed by atoms with Gasteiger partial charge in [-0.15, -0.1) is 0 Å². The summed E-state index contributed by atoms with van der Waals surface area (Å²) in [5.41, 5.74) is 1.30. The maximum Gasteiger partial charge on any atom is 0.253 e. The molecule has 2 heterocycles. The minimum Gasteiger partial charge on any atom is -0.339 e. The first-order valence-electron chi connectivity index (χ1n) is 6.70. The molecule has 1 aliphatic rings. The molecule has 3 nitrogen and oxygen atoms in total. The van der Waals surface area contributed by atoms with E-state index >= 15 is 0 Å². The topological polar surface area (TPSA) is 33.2 Å². The van der Waals surface area contributed by atoms with Crippen molar-refractivity contribution < 1.29 is 4.79 Å². The number of benzene rings is 1. The molecule has 1 aliphatic heterocycles. The summed E-state index contributed by atoms with van der Waals surface area (Å²) >= 11 is 12.0. The van der Waals surface area contributed by atoms with Gasteiger partial charge in [-0.2, -0.15) is 0 Å². The van der Waals surface area contributed by atoms with E-state index in [4.69, 9.17) is 23.2 Å². The molecule has 0 spiro atoms. The number of nitrogens with zero attached hydrogens (tertiary/aromatic N) is 2. The Balaban J connectivity index is 1.97. The van der Waals surface area contributed by atoms with E-state index < -0.39 is 0 Å². The van der Waals surface area contributed by atoms with Gasteiger partial charge in [-0.05, 0) is 37.5 Å². The second-order valence-electron chi connectivity index (χ2n) is 5.01. The van der Waals surface area contributed by atoms with Crippen molar-refractivity contribution in [1.82, 2.24) is 9.88 Å². The molecule has 0 bridgehead atoms. The highest BCUT2D eigenvalue weighted by Gasteiger charge is 2.18. The molecule has 1 aromatic heterocycles. The fourth-order valence-electron chi connectivity index (χ4n) is 2.57. The number of aromatic nitrogens is 1. The number of carbonyl (C=O) groups is 1. The van der Waals surface area contributed by atoms with Crippen LogP contribution in [0.5, 0.6) is 0 Å². The van der Waals surface area contributed by atoms with Crippen molar-refractivity contribution in [3.05, 3.63) is 40.0 Å². The van der Waals surface area contributed by atoms with Gasteiger partial charge in [0.15, 0.2) is 0 Å². The largest absolute Gasteiger partial charge is 0.339 e. The number of hydrogen-bond donors (Lipinski definition) is 0. The maximum atomic E-state index is 12.4. The highest BCUT2D eigenvalue weighted by molar-refractivity contribution is 6.37. The Labute approximate surface area is 127 Å². The lowest BCUT2D eigenvalue weighted by Gasteiger charge is -2.26. The molecule has 104 valence electrons. The Morgan fingerprint density at radius 2 is 1.85 bits per heavy atom. The van der Waals surface area contributed by atoms with Crippen molar-refractivity contribution >= 4 is 40.0 Å². The van der Waals surface area contributed by atoms with E-state index in [1.165, 1.54) is 6.42 Å². The Hall–Kier alpha value is -1.32. The average molecular weight is 309 g/mol. The molecule has 1 aromatic carbocycles. The number of pyridine rings is 1. The lowest BCUT2D eigenvalue weighted by molar-refractivity contribution is 0.0724. The van der Waals surface area contributed by atoms with Crippen LogP contribution >= 0.6 is 23.2 Å². The quantitative estimate of drug-likeness (QED) is 0.741. The predicted octanol–water partition coefficient (Wildman–Crippen LogP) is 4.17. The van der Waals surface area contributed by atoms with Crippen molar-refractivity contribution in [1.29, 1.82) is 0 Å². The molecule has 0 radical (unpaired) electrons. The van der Waals surface area contributed by atoms with Gasteiger partial charge >= 0.3 is 0 Å². The molecule has 1 fully saturated rings. The summed E-state index contributed by atoms with van der Waals surface area (Å²) in [4.78, 5) is 18.6. The van der Waals surface area contributed by atoms with Gasteiger partial charge in [0.05, 0.1) is 10.5 Å². The molecule has 0 N–H and O–H groups in total. The number of halogens is 2. The first-order valence-corrected chi connectivity index (χ1v) is 7.46. The summed E-state index contributed by atoms with van der Waals surface area (Å²) in [7, 11) is 0. The summed E-state index contributed by atoms with van der Waals surface area (Å²) in [6, 6.07) is 7.01. The maximum absolute atomic E-state index is 12.4. The first-order chi connectivity index (χ1) is 9.65. The highest BCUT2D eigenvalue weighted by atomic mass is 35.5. The van der Waals surface area contributed by atoms with Crippen LogP contribution in [0.15, 0.2) is 24.3 Å². The monoisotopic (exact) mass is 308 g/mol. The van der Waals surface area contributed by atoms with Gasteiger partial charge in [0.2, 0.25) is 0 Å². The molecule has 1 saturated heterocycles. The van der Waals surface area contributed by atoms with E-state index in [1.807, 2.05) is 11.0 Å². The number of hydrogen-bond acceptors (Lipinski definition) is 2. The van der Waals surface area contributed by atoms with Crippen LogP contribution in [-0.4, -0.2) is 28.9 Å². The molecular formula is C15H14Cl2N2O. The van der Waals surface area contributed by atoms with Crippen molar-refractivity contribution in [3.63, 3.8) is 0 Å². The van der Waals surface area contributed by atoms with Gasteiger partial charge in [-0.3, -0.25) is 4.79 Å². The van der Waals surface area contributed by atoms with E-state index in [2.05, 4.69) is 4.98 Å². The predicted molar refractivity (Wildman–Crippen MR) is 81.5 cm³/mol.